The molecule has 4 nitrogen and oxygen atoms in total. The third-order valence-electron chi connectivity index (χ3n) is 2.64. The average molecular weight is 353 g/mol. The van der Waals surface area contributed by atoms with E-state index in [9.17, 15) is 9.59 Å². The number of aryl methyl sites for hydroxylation is 1. The summed E-state index contributed by atoms with van der Waals surface area (Å²) in [4.78, 5) is 23.2. The molecule has 2 rings (SSSR count). The lowest BCUT2D eigenvalue weighted by Crippen LogP contribution is -2.12. The molecule has 6 heteroatoms. The summed E-state index contributed by atoms with van der Waals surface area (Å²) in [5, 5.41) is 7.32. The van der Waals surface area contributed by atoms with Crippen LogP contribution in [-0.4, -0.2) is 11.8 Å². The lowest BCUT2D eigenvalue weighted by atomic mass is 10.1. The highest BCUT2D eigenvalue weighted by molar-refractivity contribution is 9.11. The van der Waals surface area contributed by atoms with Crippen molar-refractivity contribution in [3.8, 4) is 0 Å². The fourth-order valence-corrected chi connectivity index (χ4v) is 2.79. The van der Waals surface area contributed by atoms with E-state index in [1.54, 1.807) is 23.6 Å². The maximum atomic E-state index is 12.0. The first-order chi connectivity index (χ1) is 9.45. The molecule has 0 aliphatic carbocycles. The van der Waals surface area contributed by atoms with Gasteiger partial charge in [0.2, 0.25) is 5.91 Å². The molecule has 0 fully saturated rings. The van der Waals surface area contributed by atoms with Crippen LogP contribution in [-0.2, 0) is 4.79 Å². The SMILES string of the molecule is CC(=O)Nc1cc(NC(=O)c2csc(Br)c2)ccc1C. The summed E-state index contributed by atoms with van der Waals surface area (Å²) in [5.41, 5.74) is 2.88. The molecular weight excluding hydrogens is 340 g/mol. The second-order valence-electron chi connectivity index (χ2n) is 4.30. The van der Waals surface area contributed by atoms with E-state index in [0.717, 1.165) is 9.35 Å². The predicted molar refractivity (Wildman–Crippen MR) is 85.5 cm³/mol. The maximum absolute atomic E-state index is 12.0. The molecule has 0 radical (unpaired) electrons. The molecule has 104 valence electrons. The van der Waals surface area contributed by atoms with Crippen LogP contribution in [0, 0.1) is 6.92 Å². The van der Waals surface area contributed by atoms with Gasteiger partial charge in [0.05, 0.1) is 9.35 Å². The van der Waals surface area contributed by atoms with E-state index in [2.05, 4.69) is 26.6 Å². The summed E-state index contributed by atoms with van der Waals surface area (Å²) in [5.74, 6) is -0.317. The van der Waals surface area contributed by atoms with Crippen LogP contribution in [0.4, 0.5) is 11.4 Å². The largest absolute Gasteiger partial charge is 0.326 e. The maximum Gasteiger partial charge on any atom is 0.256 e. The van der Waals surface area contributed by atoms with Crippen LogP contribution in [0.1, 0.15) is 22.8 Å². The van der Waals surface area contributed by atoms with Gasteiger partial charge in [-0.1, -0.05) is 6.07 Å². The molecule has 20 heavy (non-hydrogen) atoms. The van der Waals surface area contributed by atoms with Crippen molar-refractivity contribution in [2.75, 3.05) is 10.6 Å². The van der Waals surface area contributed by atoms with E-state index >= 15 is 0 Å². The zero-order valence-electron chi connectivity index (χ0n) is 11.0. The van der Waals surface area contributed by atoms with Crippen LogP contribution in [0.2, 0.25) is 0 Å². The van der Waals surface area contributed by atoms with Gasteiger partial charge < -0.3 is 10.6 Å². The minimum absolute atomic E-state index is 0.140. The molecule has 0 saturated carbocycles. The van der Waals surface area contributed by atoms with E-state index < -0.39 is 0 Å². The van der Waals surface area contributed by atoms with Gasteiger partial charge in [-0.05, 0) is 46.6 Å². The van der Waals surface area contributed by atoms with Crippen LogP contribution in [0.3, 0.4) is 0 Å². The standard InChI is InChI=1S/C14H13BrN2O2S/c1-8-3-4-11(6-12(8)16-9(2)18)17-14(19)10-5-13(15)20-7-10/h3-7H,1-2H3,(H,16,18)(H,17,19). The monoisotopic (exact) mass is 352 g/mol. The molecule has 0 atom stereocenters. The summed E-state index contributed by atoms with van der Waals surface area (Å²) in [6.07, 6.45) is 0. The van der Waals surface area contributed by atoms with Crippen molar-refractivity contribution in [3.05, 3.63) is 44.6 Å². The molecule has 1 aromatic carbocycles. The van der Waals surface area contributed by atoms with Crippen molar-refractivity contribution in [2.45, 2.75) is 13.8 Å². The lowest BCUT2D eigenvalue weighted by Gasteiger charge is -2.10. The van der Waals surface area contributed by atoms with Crippen molar-refractivity contribution in [1.82, 2.24) is 0 Å². The Labute approximate surface area is 129 Å². The van der Waals surface area contributed by atoms with E-state index in [1.165, 1.54) is 18.3 Å². The van der Waals surface area contributed by atoms with Crippen LogP contribution in [0.25, 0.3) is 0 Å². The summed E-state index contributed by atoms with van der Waals surface area (Å²) in [7, 11) is 0. The Kier molecular flexibility index (Phi) is 4.57. The fourth-order valence-electron chi connectivity index (χ4n) is 1.66. The first-order valence-corrected chi connectivity index (χ1v) is 7.56. The highest BCUT2D eigenvalue weighted by Gasteiger charge is 2.09. The summed E-state index contributed by atoms with van der Waals surface area (Å²) in [6.45, 7) is 3.35. The zero-order valence-corrected chi connectivity index (χ0v) is 13.4. The normalized spacial score (nSPS) is 10.2. The highest BCUT2D eigenvalue weighted by atomic mass is 79.9. The molecular formula is C14H13BrN2O2S. The molecule has 0 spiro atoms. The molecule has 0 aliphatic rings. The Morgan fingerprint density at radius 3 is 2.55 bits per heavy atom. The molecule has 0 unspecified atom stereocenters. The van der Waals surface area contributed by atoms with Crippen molar-refractivity contribution in [2.24, 2.45) is 0 Å². The van der Waals surface area contributed by atoms with Gasteiger partial charge in [-0.3, -0.25) is 9.59 Å². The Bertz CT molecular complexity index is 667. The van der Waals surface area contributed by atoms with Gasteiger partial charge in [0, 0.05) is 23.7 Å². The van der Waals surface area contributed by atoms with Crippen molar-refractivity contribution >= 4 is 50.5 Å². The van der Waals surface area contributed by atoms with E-state index in [1.807, 2.05) is 13.0 Å². The number of thiophene rings is 1. The van der Waals surface area contributed by atoms with Crippen molar-refractivity contribution < 1.29 is 9.59 Å². The van der Waals surface area contributed by atoms with Gasteiger partial charge in [-0.25, -0.2) is 0 Å². The Balaban J connectivity index is 2.17. The summed E-state index contributed by atoms with van der Waals surface area (Å²) < 4.78 is 0.908. The van der Waals surface area contributed by atoms with Crippen LogP contribution in [0.5, 0.6) is 0 Å². The number of anilines is 2. The molecule has 1 aromatic heterocycles. The topological polar surface area (TPSA) is 58.2 Å². The van der Waals surface area contributed by atoms with Crippen LogP contribution >= 0.6 is 27.3 Å². The molecule has 2 amide bonds. The molecule has 2 N–H and O–H groups in total. The predicted octanol–water partition coefficient (Wildman–Crippen LogP) is 4.03. The van der Waals surface area contributed by atoms with Crippen molar-refractivity contribution in [1.29, 1.82) is 0 Å². The average Bonchev–Trinajstić information content (AvgIpc) is 2.79. The van der Waals surface area contributed by atoms with Crippen LogP contribution in [0.15, 0.2) is 33.4 Å². The highest BCUT2D eigenvalue weighted by Crippen LogP contribution is 2.23. The number of nitrogens with one attached hydrogen (secondary N) is 2. The van der Waals surface area contributed by atoms with Gasteiger partial charge in [0.25, 0.3) is 5.91 Å². The smallest absolute Gasteiger partial charge is 0.256 e. The number of amides is 2. The Morgan fingerprint density at radius 2 is 1.95 bits per heavy atom. The summed E-state index contributed by atoms with van der Waals surface area (Å²) in [6, 6.07) is 7.17. The third kappa shape index (κ3) is 3.68. The number of hydrogen-bond acceptors (Lipinski definition) is 3. The van der Waals surface area contributed by atoms with Gasteiger partial charge >= 0.3 is 0 Å². The number of benzene rings is 1. The number of carbonyl (C=O) groups is 2. The third-order valence-corrected chi connectivity index (χ3v) is 4.14. The van der Waals surface area contributed by atoms with Gasteiger partial charge in [-0.2, -0.15) is 0 Å². The molecule has 1 heterocycles. The Hall–Kier alpha value is -1.66. The number of halogens is 1. The molecule has 0 aliphatic heterocycles. The summed E-state index contributed by atoms with van der Waals surface area (Å²) >= 11 is 4.78. The Morgan fingerprint density at radius 1 is 1.20 bits per heavy atom. The minimum atomic E-state index is -0.176. The first kappa shape index (κ1) is 14.7. The minimum Gasteiger partial charge on any atom is -0.326 e. The van der Waals surface area contributed by atoms with E-state index in [-0.39, 0.29) is 11.8 Å². The fraction of sp³-hybridized carbons (Fsp3) is 0.143. The van der Waals surface area contributed by atoms with Gasteiger partial charge in [0.1, 0.15) is 0 Å². The van der Waals surface area contributed by atoms with Gasteiger partial charge in [-0.15, -0.1) is 11.3 Å². The van der Waals surface area contributed by atoms with E-state index in [4.69, 9.17) is 0 Å². The van der Waals surface area contributed by atoms with E-state index in [0.29, 0.717) is 16.9 Å². The molecule has 0 saturated heterocycles. The number of carbonyl (C=O) groups excluding carboxylic acids is 2. The van der Waals surface area contributed by atoms with Crippen molar-refractivity contribution in [3.63, 3.8) is 0 Å². The number of hydrogen-bond donors (Lipinski definition) is 2. The second kappa shape index (κ2) is 6.19. The lowest BCUT2D eigenvalue weighted by molar-refractivity contribution is -0.114. The zero-order chi connectivity index (χ0) is 14.7. The quantitative estimate of drug-likeness (QED) is 0.875. The molecule has 0 bridgehead atoms. The second-order valence-corrected chi connectivity index (χ2v) is 6.59. The van der Waals surface area contributed by atoms with Gasteiger partial charge in [0.15, 0.2) is 0 Å². The van der Waals surface area contributed by atoms with Crippen LogP contribution < -0.4 is 10.6 Å². The molecule has 2 aromatic rings. The first-order valence-electron chi connectivity index (χ1n) is 5.89. The number of rotatable bonds is 3.